The highest BCUT2D eigenvalue weighted by atomic mass is 79.9. The van der Waals surface area contributed by atoms with Gasteiger partial charge >= 0.3 is 6.18 Å². The molecular formula is C13H15BrF3N. The first kappa shape index (κ1) is 13.9. The van der Waals surface area contributed by atoms with Crippen molar-refractivity contribution in [3.8, 4) is 0 Å². The minimum Gasteiger partial charge on any atom is -0.289 e. The smallest absolute Gasteiger partial charge is 0.289 e. The third-order valence-corrected chi connectivity index (χ3v) is 3.84. The molecule has 1 saturated heterocycles. The summed E-state index contributed by atoms with van der Waals surface area (Å²) in [5.41, 5.74) is 1.05. The van der Waals surface area contributed by atoms with E-state index < -0.39 is 12.2 Å². The van der Waals surface area contributed by atoms with Gasteiger partial charge in [0, 0.05) is 4.47 Å². The van der Waals surface area contributed by atoms with E-state index in [0.29, 0.717) is 24.2 Å². The van der Waals surface area contributed by atoms with Crippen LogP contribution >= 0.6 is 15.9 Å². The molecule has 0 bridgehead atoms. The van der Waals surface area contributed by atoms with Crippen molar-refractivity contribution >= 4 is 15.9 Å². The van der Waals surface area contributed by atoms with Gasteiger partial charge in [0.2, 0.25) is 0 Å². The van der Waals surface area contributed by atoms with E-state index in [-0.39, 0.29) is 0 Å². The summed E-state index contributed by atoms with van der Waals surface area (Å²) in [5.74, 6) is 0. The predicted molar refractivity (Wildman–Crippen MR) is 68.5 cm³/mol. The highest BCUT2D eigenvalue weighted by Crippen LogP contribution is 2.40. The first-order valence-electron chi connectivity index (χ1n) is 5.96. The largest absolute Gasteiger partial charge is 0.408 e. The number of hydrogen-bond donors (Lipinski definition) is 0. The molecule has 1 unspecified atom stereocenters. The van der Waals surface area contributed by atoms with Crippen molar-refractivity contribution in [1.29, 1.82) is 0 Å². The summed E-state index contributed by atoms with van der Waals surface area (Å²) in [7, 11) is 0. The van der Waals surface area contributed by atoms with E-state index in [9.17, 15) is 13.2 Å². The molecule has 1 atom stereocenters. The molecule has 1 nitrogen and oxygen atoms in total. The number of rotatable bonds is 2. The van der Waals surface area contributed by atoms with Crippen molar-refractivity contribution in [1.82, 2.24) is 4.90 Å². The molecule has 0 aromatic heterocycles. The Morgan fingerprint density at radius 3 is 2.33 bits per heavy atom. The van der Waals surface area contributed by atoms with Gasteiger partial charge in [-0.05, 0) is 56.1 Å². The van der Waals surface area contributed by atoms with E-state index in [4.69, 9.17) is 0 Å². The van der Waals surface area contributed by atoms with Crippen molar-refractivity contribution < 1.29 is 13.2 Å². The minimum absolute atomic E-state index is 0.368. The summed E-state index contributed by atoms with van der Waals surface area (Å²) in [5, 5.41) is 0. The van der Waals surface area contributed by atoms with Crippen LogP contribution in [0.4, 0.5) is 13.2 Å². The van der Waals surface area contributed by atoms with Gasteiger partial charge in [-0.3, -0.25) is 4.90 Å². The lowest BCUT2D eigenvalue weighted by Gasteiger charge is -2.30. The molecule has 18 heavy (non-hydrogen) atoms. The second-order valence-electron chi connectivity index (χ2n) is 4.69. The maximum absolute atomic E-state index is 13.3. The van der Waals surface area contributed by atoms with Gasteiger partial charge in [-0.2, -0.15) is 13.2 Å². The highest BCUT2D eigenvalue weighted by Gasteiger charge is 2.45. The topological polar surface area (TPSA) is 3.24 Å². The van der Waals surface area contributed by atoms with E-state index in [0.717, 1.165) is 17.3 Å². The van der Waals surface area contributed by atoms with Gasteiger partial charge in [-0.1, -0.05) is 22.0 Å². The molecule has 0 aliphatic carbocycles. The normalized spacial score (nSPS) is 19.2. The Morgan fingerprint density at radius 2 is 1.83 bits per heavy atom. The van der Waals surface area contributed by atoms with Gasteiger partial charge in [0.25, 0.3) is 0 Å². The zero-order chi connectivity index (χ0) is 13.3. The van der Waals surface area contributed by atoms with Crippen LogP contribution in [-0.4, -0.2) is 24.2 Å². The average Bonchev–Trinajstić information content (AvgIpc) is 2.73. The summed E-state index contributed by atoms with van der Waals surface area (Å²) in [6.45, 7) is 2.79. The van der Waals surface area contributed by atoms with E-state index in [2.05, 4.69) is 15.9 Å². The Morgan fingerprint density at radius 1 is 1.22 bits per heavy atom. The second-order valence-corrected chi connectivity index (χ2v) is 5.60. The fraction of sp³-hybridized carbons (Fsp3) is 0.538. The minimum atomic E-state index is -4.22. The Labute approximate surface area is 113 Å². The van der Waals surface area contributed by atoms with Crippen molar-refractivity contribution in [2.45, 2.75) is 32.0 Å². The van der Waals surface area contributed by atoms with Crippen LogP contribution in [0.15, 0.2) is 22.7 Å². The number of aryl methyl sites for hydroxylation is 1. The summed E-state index contributed by atoms with van der Waals surface area (Å²) < 4.78 is 40.7. The van der Waals surface area contributed by atoms with Gasteiger partial charge < -0.3 is 0 Å². The molecule has 1 aromatic rings. The van der Waals surface area contributed by atoms with Crippen molar-refractivity contribution in [3.05, 3.63) is 33.8 Å². The average molecular weight is 322 g/mol. The SMILES string of the molecule is Cc1cc(Br)ccc1C(N1CCCC1)C(F)(F)F. The Bertz CT molecular complexity index is 425. The molecule has 1 heterocycles. The number of likely N-dealkylation sites (tertiary alicyclic amines) is 1. The van der Waals surface area contributed by atoms with Gasteiger partial charge in [-0.25, -0.2) is 0 Å². The molecule has 0 N–H and O–H groups in total. The van der Waals surface area contributed by atoms with Gasteiger partial charge in [0.1, 0.15) is 6.04 Å². The summed E-state index contributed by atoms with van der Waals surface area (Å²) in [4.78, 5) is 1.54. The van der Waals surface area contributed by atoms with Crippen LogP contribution in [0.25, 0.3) is 0 Å². The van der Waals surface area contributed by atoms with E-state index in [1.165, 1.54) is 4.90 Å². The first-order valence-corrected chi connectivity index (χ1v) is 6.75. The van der Waals surface area contributed by atoms with Crippen LogP contribution in [-0.2, 0) is 0 Å². The molecule has 1 aliphatic rings. The lowest BCUT2D eigenvalue weighted by molar-refractivity contribution is -0.183. The molecule has 1 aliphatic heterocycles. The number of hydrogen-bond acceptors (Lipinski definition) is 1. The predicted octanol–water partition coefficient (Wildman–Crippen LogP) is 4.46. The van der Waals surface area contributed by atoms with Gasteiger partial charge in [0.05, 0.1) is 0 Å². The molecule has 2 rings (SSSR count). The van der Waals surface area contributed by atoms with Gasteiger partial charge in [0.15, 0.2) is 0 Å². The first-order chi connectivity index (χ1) is 8.39. The third-order valence-electron chi connectivity index (χ3n) is 3.34. The fourth-order valence-corrected chi connectivity index (χ4v) is 3.00. The fourth-order valence-electron chi connectivity index (χ4n) is 2.53. The van der Waals surface area contributed by atoms with Crippen LogP contribution in [0.1, 0.15) is 30.0 Å². The lowest BCUT2D eigenvalue weighted by Crippen LogP contribution is -2.37. The second kappa shape index (κ2) is 5.21. The van der Waals surface area contributed by atoms with Crippen LogP contribution in [0.3, 0.4) is 0 Å². The highest BCUT2D eigenvalue weighted by molar-refractivity contribution is 9.10. The summed E-state index contributed by atoms with van der Waals surface area (Å²) in [6, 6.07) is 3.53. The van der Waals surface area contributed by atoms with Gasteiger partial charge in [-0.15, -0.1) is 0 Å². The Hall–Kier alpha value is -0.550. The van der Waals surface area contributed by atoms with Crippen molar-refractivity contribution in [2.75, 3.05) is 13.1 Å². The van der Waals surface area contributed by atoms with Crippen LogP contribution in [0.2, 0.25) is 0 Å². The number of halogens is 4. The molecule has 0 radical (unpaired) electrons. The maximum atomic E-state index is 13.3. The molecule has 1 fully saturated rings. The van der Waals surface area contributed by atoms with Crippen molar-refractivity contribution in [2.24, 2.45) is 0 Å². The molecule has 5 heteroatoms. The van der Waals surface area contributed by atoms with E-state index in [1.807, 2.05) is 0 Å². The summed E-state index contributed by atoms with van der Waals surface area (Å²) in [6.07, 6.45) is -2.52. The van der Waals surface area contributed by atoms with E-state index >= 15 is 0 Å². The Balaban J connectivity index is 2.39. The van der Waals surface area contributed by atoms with Crippen LogP contribution in [0, 0.1) is 6.92 Å². The maximum Gasteiger partial charge on any atom is 0.408 e. The molecule has 100 valence electrons. The molecule has 0 amide bonds. The Kier molecular flexibility index (Phi) is 4.02. The van der Waals surface area contributed by atoms with E-state index in [1.54, 1.807) is 25.1 Å². The number of alkyl halides is 3. The quantitative estimate of drug-likeness (QED) is 0.777. The monoisotopic (exact) mass is 321 g/mol. The molecule has 1 aromatic carbocycles. The zero-order valence-electron chi connectivity index (χ0n) is 10.1. The number of nitrogens with zero attached hydrogens (tertiary/aromatic N) is 1. The van der Waals surface area contributed by atoms with Crippen molar-refractivity contribution in [3.63, 3.8) is 0 Å². The third kappa shape index (κ3) is 2.88. The standard InChI is InChI=1S/C13H15BrF3N/c1-9-8-10(14)4-5-11(9)12(13(15,16)17)18-6-2-3-7-18/h4-5,8,12H,2-3,6-7H2,1H3. The molecule has 0 spiro atoms. The zero-order valence-corrected chi connectivity index (χ0v) is 11.7. The van der Waals surface area contributed by atoms with Crippen LogP contribution < -0.4 is 0 Å². The molecular weight excluding hydrogens is 307 g/mol. The van der Waals surface area contributed by atoms with Crippen LogP contribution in [0.5, 0.6) is 0 Å². The summed E-state index contributed by atoms with van der Waals surface area (Å²) >= 11 is 3.28. The lowest BCUT2D eigenvalue weighted by atomic mass is 10.00. The molecule has 0 saturated carbocycles. The number of benzene rings is 1.